The van der Waals surface area contributed by atoms with E-state index < -0.39 is 17.1 Å². The number of H-pyrrole nitrogens is 1. The fraction of sp³-hybridized carbons (Fsp3) is 0.385. The second kappa shape index (κ2) is 9.48. The number of nitrogens with one attached hydrogen (secondary N) is 1. The molecule has 182 valence electrons. The summed E-state index contributed by atoms with van der Waals surface area (Å²) in [5, 5.41) is 0.324. The van der Waals surface area contributed by atoms with E-state index in [2.05, 4.69) is 4.98 Å². The first-order chi connectivity index (χ1) is 16.9. The number of amides is 2. The van der Waals surface area contributed by atoms with Crippen LogP contribution in [0.1, 0.15) is 41.6 Å². The summed E-state index contributed by atoms with van der Waals surface area (Å²) in [5.74, 6) is -0.477. The molecule has 8 nitrogen and oxygen atoms in total. The lowest BCUT2D eigenvalue weighted by Crippen LogP contribution is -2.51. The lowest BCUT2D eigenvalue weighted by molar-refractivity contribution is -0.136. The van der Waals surface area contributed by atoms with Gasteiger partial charge in [0.05, 0.1) is 17.4 Å². The third kappa shape index (κ3) is 4.50. The monoisotopic (exact) mass is 478 g/mol. The van der Waals surface area contributed by atoms with Crippen molar-refractivity contribution in [2.24, 2.45) is 5.92 Å². The van der Waals surface area contributed by atoms with Gasteiger partial charge in [-0.2, -0.15) is 0 Å². The Bertz CT molecular complexity index is 1400. The van der Waals surface area contributed by atoms with Gasteiger partial charge in [-0.05, 0) is 43.2 Å². The van der Waals surface area contributed by atoms with Gasteiger partial charge in [0.25, 0.3) is 11.5 Å². The van der Waals surface area contributed by atoms with E-state index in [4.69, 9.17) is 0 Å². The van der Waals surface area contributed by atoms with Crippen LogP contribution >= 0.6 is 0 Å². The van der Waals surface area contributed by atoms with Crippen LogP contribution in [0.4, 0.5) is 4.39 Å². The summed E-state index contributed by atoms with van der Waals surface area (Å²) in [6, 6.07) is 10.7. The first kappa shape index (κ1) is 23.0. The predicted molar refractivity (Wildman–Crippen MR) is 129 cm³/mol. The van der Waals surface area contributed by atoms with Crippen LogP contribution in [0.15, 0.2) is 52.1 Å². The Hall–Kier alpha value is -3.75. The van der Waals surface area contributed by atoms with Gasteiger partial charge in [-0.1, -0.05) is 25.0 Å². The van der Waals surface area contributed by atoms with Gasteiger partial charge in [-0.3, -0.25) is 23.9 Å². The van der Waals surface area contributed by atoms with E-state index in [1.54, 1.807) is 29.2 Å². The number of piperazine rings is 1. The van der Waals surface area contributed by atoms with Gasteiger partial charge in [-0.25, -0.2) is 9.18 Å². The molecule has 1 aliphatic heterocycles. The number of aromatic nitrogens is 2. The summed E-state index contributed by atoms with van der Waals surface area (Å²) < 4.78 is 16.0. The average Bonchev–Trinajstić information content (AvgIpc) is 3.42. The highest BCUT2D eigenvalue weighted by Crippen LogP contribution is 2.27. The number of nitrogens with zero attached hydrogens (tertiary/aromatic N) is 3. The normalized spacial score (nSPS) is 16.7. The van der Waals surface area contributed by atoms with Gasteiger partial charge in [0.2, 0.25) is 5.91 Å². The van der Waals surface area contributed by atoms with E-state index in [0.29, 0.717) is 42.6 Å². The molecule has 35 heavy (non-hydrogen) atoms. The van der Waals surface area contributed by atoms with Crippen molar-refractivity contribution < 1.29 is 14.0 Å². The molecule has 2 aromatic carbocycles. The number of benzene rings is 2. The largest absolute Gasteiger partial charge is 0.339 e. The molecule has 2 fully saturated rings. The number of rotatable bonds is 4. The van der Waals surface area contributed by atoms with Crippen LogP contribution in [0.5, 0.6) is 0 Å². The van der Waals surface area contributed by atoms with Crippen LogP contribution in [0.2, 0.25) is 0 Å². The Kier molecular flexibility index (Phi) is 6.23. The van der Waals surface area contributed by atoms with Crippen molar-refractivity contribution in [1.29, 1.82) is 0 Å². The number of carbonyl (C=O) groups is 2. The lowest BCUT2D eigenvalue weighted by atomic mass is 10.1. The number of para-hydroxylation sites is 1. The van der Waals surface area contributed by atoms with Crippen LogP contribution in [-0.4, -0.2) is 57.3 Å². The highest BCUT2D eigenvalue weighted by atomic mass is 19.1. The van der Waals surface area contributed by atoms with Crippen molar-refractivity contribution in [2.75, 3.05) is 26.2 Å². The van der Waals surface area contributed by atoms with Crippen molar-refractivity contribution in [3.63, 3.8) is 0 Å². The molecule has 0 unspecified atom stereocenters. The Balaban J connectivity index is 1.34. The van der Waals surface area contributed by atoms with Crippen molar-refractivity contribution in [3.05, 3.63) is 80.2 Å². The minimum Gasteiger partial charge on any atom is -0.339 e. The number of hydrogen-bond donors (Lipinski definition) is 1. The van der Waals surface area contributed by atoms with Crippen molar-refractivity contribution in [3.8, 4) is 0 Å². The first-order valence-corrected chi connectivity index (χ1v) is 12.0. The molecule has 2 aliphatic rings. The molecule has 0 bridgehead atoms. The van der Waals surface area contributed by atoms with E-state index >= 15 is 0 Å². The second-order valence-electron chi connectivity index (χ2n) is 9.27. The van der Waals surface area contributed by atoms with Gasteiger partial charge >= 0.3 is 5.69 Å². The summed E-state index contributed by atoms with van der Waals surface area (Å²) >= 11 is 0. The smallest absolute Gasteiger partial charge is 0.329 e. The zero-order chi connectivity index (χ0) is 24.5. The Morgan fingerprint density at radius 3 is 2.37 bits per heavy atom. The van der Waals surface area contributed by atoms with Gasteiger partial charge in [0, 0.05) is 43.2 Å². The van der Waals surface area contributed by atoms with Crippen LogP contribution in [0.3, 0.4) is 0 Å². The van der Waals surface area contributed by atoms with Crippen molar-refractivity contribution in [2.45, 2.75) is 32.2 Å². The predicted octanol–water partition coefficient (Wildman–Crippen LogP) is 2.35. The SMILES string of the molecule is O=C(c1ccc(F)c(Cn2c(=O)[nH]c(=O)c3ccccc32)c1)N1CCN(C(=O)C2CCCC2)CC1. The molecule has 9 heteroatoms. The molecule has 0 spiro atoms. The number of hydrogen-bond acceptors (Lipinski definition) is 4. The zero-order valence-corrected chi connectivity index (χ0v) is 19.3. The molecule has 1 aliphatic carbocycles. The third-order valence-electron chi connectivity index (χ3n) is 7.11. The number of halogens is 1. The number of fused-ring (bicyclic) bond motifs is 1. The molecule has 1 N–H and O–H groups in total. The molecule has 0 radical (unpaired) electrons. The number of aromatic amines is 1. The maximum absolute atomic E-state index is 14.7. The molecule has 0 atom stereocenters. The highest BCUT2D eigenvalue weighted by molar-refractivity contribution is 5.94. The van der Waals surface area contributed by atoms with E-state index in [9.17, 15) is 23.6 Å². The maximum Gasteiger partial charge on any atom is 0.329 e. The number of carbonyl (C=O) groups excluding carboxylic acids is 2. The quantitative estimate of drug-likeness (QED) is 0.623. The Morgan fingerprint density at radius 1 is 0.943 bits per heavy atom. The van der Waals surface area contributed by atoms with Gasteiger partial charge in [-0.15, -0.1) is 0 Å². The molecular formula is C26H27FN4O4. The average molecular weight is 479 g/mol. The van der Waals surface area contributed by atoms with Crippen LogP contribution in [-0.2, 0) is 11.3 Å². The Labute approximate surface area is 201 Å². The molecular weight excluding hydrogens is 451 g/mol. The van der Waals surface area contributed by atoms with Crippen LogP contribution in [0.25, 0.3) is 10.9 Å². The fourth-order valence-electron chi connectivity index (χ4n) is 5.14. The molecule has 5 rings (SSSR count). The van der Waals surface area contributed by atoms with Gasteiger partial charge in [0.15, 0.2) is 0 Å². The summed E-state index contributed by atoms with van der Waals surface area (Å²) in [6.45, 7) is 1.70. The lowest BCUT2D eigenvalue weighted by Gasteiger charge is -2.36. The Morgan fingerprint density at radius 2 is 1.63 bits per heavy atom. The van der Waals surface area contributed by atoms with E-state index in [1.165, 1.54) is 22.8 Å². The van der Waals surface area contributed by atoms with Gasteiger partial charge in [0.1, 0.15) is 5.82 Å². The summed E-state index contributed by atoms with van der Waals surface area (Å²) in [7, 11) is 0. The second-order valence-corrected chi connectivity index (χ2v) is 9.27. The minimum absolute atomic E-state index is 0.115. The zero-order valence-electron chi connectivity index (χ0n) is 19.3. The molecule has 1 aromatic heterocycles. The van der Waals surface area contributed by atoms with Gasteiger partial charge < -0.3 is 9.80 Å². The van der Waals surface area contributed by atoms with E-state index in [1.807, 2.05) is 4.90 Å². The fourth-order valence-corrected chi connectivity index (χ4v) is 5.14. The van der Waals surface area contributed by atoms with Crippen LogP contribution in [0, 0.1) is 11.7 Å². The van der Waals surface area contributed by atoms with Crippen molar-refractivity contribution >= 4 is 22.7 Å². The summed E-state index contributed by atoms with van der Waals surface area (Å²) in [4.78, 5) is 56.2. The summed E-state index contributed by atoms with van der Waals surface area (Å²) in [5.41, 5.74) is -0.269. The molecule has 2 heterocycles. The van der Waals surface area contributed by atoms with Crippen molar-refractivity contribution in [1.82, 2.24) is 19.4 Å². The molecule has 3 aromatic rings. The maximum atomic E-state index is 14.7. The van der Waals surface area contributed by atoms with E-state index in [0.717, 1.165) is 25.7 Å². The highest BCUT2D eigenvalue weighted by Gasteiger charge is 2.31. The topological polar surface area (TPSA) is 95.5 Å². The molecule has 1 saturated heterocycles. The standard InChI is InChI=1S/C26H27FN4O4/c27-21-10-9-18(25(34)30-13-11-29(12-14-30)24(33)17-5-1-2-6-17)15-19(21)16-31-22-8-4-3-7-20(22)23(32)28-26(31)35/h3-4,7-10,15,17H,1-2,5-6,11-14,16H2,(H,28,32,35). The summed E-state index contributed by atoms with van der Waals surface area (Å²) in [6.07, 6.45) is 4.10. The van der Waals surface area contributed by atoms with Crippen LogP contribution < -0.4 is 11.2 Å². The first-order valence-electron chi connectivity index (χ1n) is 12.0. The van der Waals surface area contributed by atoms with E-state index in [-0.39, 0.29) is 29.8 Å². The molecule has 1 saturated carbocycles. The molecule has 2 amide bonds. The minimum atomic E-state index is -0.645. The third-order valence-corrected chi connectivity index (χ3v) is 7.11.